The first-order valence-corrected chi connectivity index (χ1v) is 7.92. The molecule has 2 N–H and O–H groups in total. The highest BCUT2D eigenvalue weighted by atomic mass is 35.5. The van der Waals surface area contributed by atoms with E-state index in [-0.39, 0.29) is 30.8 Å². The second-order valence-electron chi connectivity index (χ2n) is 5.88. The molecule has 0 unspecified atom stereocenters. The number of ether oxygens (including phenoxy) is 2. The Balaban J connectivity index is 1.60. The molecule has 5 nitrogen and oxygen atoms in total. The van der Waals surface area contributed by atoms with Crippen molar-refractivity contribution in [3.8, 4) is 0 Å². The number of nitrogens with one attached hydrogen (secondary N) is 1. The Morgan fingerprint density at radius 2 is 1.83 bits per heavy atom. The number of aliphatic hydroxyl groups excluding tert-OH is 1. The summed E-state index contributed by atoms with van der Waals surface area (Å²) in [6.07, 6.45) is -1.28. The van der Waals surface area contributed by atoms with Crippen molar-refractivity contribution in [2.45, 2.75) is 24.4 Å². The maximum absolute atomic E-state index is 12.7. The Morgan fingerprint density at radius 3 is 2.70 bits per heavy atom. The summed E-state index contributed by atoms with van der Waals surface area (Å²) < 4.78 is 11.1. The molecule has 4 atom stereocenters. The number of amides is 1. The fourth-order valence-corrected chi connectivity index (χ4v) is 3.56. The van der Waals surface area contributed by atoms with Gasteiger partial charge in [-0.1, -0.05) is 35.9 Å². The van der Waals surface area contributed by atoms with Crippen LogP contribution < -0.4 is 5.32 Å². The molecular weight excluding hydrogens is 318 g/mol. The van der Waals surface area contributed by atoms with Crippen LogP contribution in [0, 0.1) is 0 Å². The maximum Gasteiger partial charge on any atom is 0.252 e. The molecule has 0 aliphatic carbocycles. The van der Waals surface area contributed by atoms with Crippen LogP contribution in [0.1, 0.15) is 10.4 Å². The van der Waals surface area contributed by atoms with Crippen molar-refractivity contribution in [1.82, 2.24) is 5.32 Å². The third-order valence-electron chi connectivity index (χ3n) is 4.46. The standard InChI is InChI=1S/C17H16ClNO4/c18-12-6-2-3-9-10(12)4-1-5-11(9)17(21)19-13-7-22-16-14(20)8-23-15(13)16/h1-6,13-16,20H,7-8H2,(H,19,21)/t13-,14+,15+,16+/m0/s1. The van der Waals surface area contributed by atoms with Crippen LogP contribution in [0.5, 0.6) is 0 Å². The molecule has 0 bridgehead atoms. The zero-order valence-electron chi connectivity index (χ0n) is 12.2. The quantitative estimate of drug-likeness (QED) is 0.878. The highest BCUT2D eigenvalue weighted by Crippen LogP contribution is 2.29. The van der Waals surface area contributed by atoms with E-state index in [1.807, 2.05) is 24.3 Å². The number of aliphatic hydroxyl groups is 1. The van der Waals surface area contributed by atoms with Gasteiger partial charge >= 0.3 is 0 Å². The van der Waals surface area contributed by atoms with Gasteiger partial charge in [0.25, 0.3) is 5.91 Å². The van der Waals surface area contributed by atoms with Crippen molar-refractivity contribution in [2.24, 2.45) is 0 Å². The molecule has 0 saturated carbocycles. The van der Waals surface area contributed by atoms with E-state index in [1.54, 1.807) is 12.1 Å². The average molecular weight is 334 g/mol. The maximum atomic E-state index is 12.7. The minimum atomic E-state index is -0.627. The van der Waals surface area contributed by atoms with Crippen LogP contribution in [0.4, 0.5) is 0 Å². The van der Waals surface area contributed by atoms with E-state index in [1.165, 1.54) is 0 Å². The molecule has 4 rings (SSSR count). The Hall–Kier alpha value is -1.66. The van der Waals surface area contributed by atoms with Gasteiger partial charge in [-0.3, -0.25) is 4.79 Å². The minimum Gasteiger partial charge on any atom is -0.388 e. The minimum absolute atomic E-state index is 0.197. The van der Waals surface area contributed by atoms with Crippen molar-refractivity contribution in [1.29, 1.82) is 0 Å². The summed E-state index contributed by atoms with van der Waals surface area (Å²) in [5.41, 5.74) is 0.562. The van der Waals surface area contributed by atoms with E-state index in [2.05, 4.69) is 5.32 Å². The Kier molecular flexibility index (Phi) is 3.73. The van der Waals surface area contributed by atoms with Crippen LogP contribution in [0.3, 0.4) is 0 Å². The molecule has 2 fully saturated rings. The lowest BCUT2D eigenvalue weighted by atomic mass is 10.0. The molecule has 2 heterocycles. The van der Waals surface area contributed by atoms with Crippen LogP contribution in [-0.4, -0.2) is 48.6 Å². The number of hydrogen-bond donors (Lipinski definition) is 2. The third kappa shape index (κ3) is 2.50. The monoisotopic (exact) mass is 333 g/mol. The van der Waals surface area contributed by atoms with E-state index < -0.39 is 6.10 Å². The van der Waals surface area contributed by atoms with E-state index in [0.29, 0.717) is 17.2 Å². The lowest BCUT2D eigenvalue weighted by Crippen LogP contribution is -2.44. The number of hydrogen-bond acceptors (Lipinski definition) is 4. The van der Waals surface area contributed by atoms with Crippen molar-refractivity contribution in [3.63, 3.8) is 0 Å². The zero-order valence-corrected chi connectivity index (χ0v) is 13.0. The zero-order chi connectivity index (χ0) is 16.0. The van der Waals surface area contributed by atoms with Crippen LogP contribution in [0.15, 0.2) is 36.4 Å². The predicted molar refractivity (Wildman–Crippen MR) is 85.7 cm³/mol. The van der Waals surface area contributed by atoms with Crippen LogP contribution in [0.2, 0.25) is 5.02 Å². The van der Waals surface area contributed by atoms with E-state index >= 15 is 0 Å². The number of benzene rings is 2. The summed E-state index contributed by atoms with van der Waals surface area (Å²) >= 11 is 6.19. The normalized spacial score (nSPS) is 29.7. The molecule has 2 saturated heterocycles. The van der Waals surface area contributed by atoms with Gasteiger partial charge in [-0.2, -0.15) is 0 Å². The predicted octanol–water partition coefficient (Wildman–Crippen LogP) is 1.75. The highest BCUT2D eigenvalue weighted by Gasteiger charge is 2.47. The molecule has 2 aromatic rings. The molecule has 2 aromatic carbocycles. The molecule has 1 amide bonds. The lowest BCUT2D eigenvalue weighted by Gasteiger charge is -2.18. The molecule has 23 heavy (non-hydrogen) atoms. The molecule has 2 aliphatic heterocycles. The summed E-state index contributed by atoms with van der Waals surface area (Å²) in [6.45, 7) is 0.579. The van der Waals surface area contributed by atoms with Crippen LogP contribution in [-0.2, 0) is 9.47 Å². The molecule has 0 spiro atoms. The van der Waals surface area contributed by atoms with Gasteiger partial charge in [-0.25, -0.2) is 0 Å². The number of carbonyl (C=O) groups is 1. The second kappa shape index (κ2) is 5.76. The lowest BCUT2D eigenvalue weighted by molar-refractivity contribution is 0.0178. The van der Waals surface area contributed by atoms with Gasteiger partial charge in [0.05, 0.1) is 19.3 Å². The fraction of sp³-hybridized carbons (Fsp3) is 0.353. The summed E-state index contributed by atoms with van der Waals surface area (Å²) in [7, 11) is 0. The first-order valence-electron chi connectivity index (χ1n) is 7.54. The number of halogens is 1. The highest BCUT2D eigenvalue weighted by molar-refractivity contribution is 6.36. The molecule has 2 aliphatic rings. The Bertz CT molecular complexity index is 765. The smallest absolute Gasteiger partial charge is 0.252 e. The van der Waals surface area contributed by atoms with Crippen LogP contribution >= 0.6 is 11.6 Å². The number of carbonyl (C=O) groups excluding carboxylic acids is 1. The number of rotatable bonds is 2. The average Bonchev–Trinajstić information content (AvgIpc) is 3.11. The van der Waals surface area contributed by atoms with E-state index in [9.17, 15) is 9.90 Å². The van der Waals surface area contributed by atoms with Gasteiger partial charge in [0, 0.05) is 16.0 Å². The van der Waals surface area contributed by atoms with E-state index in [0.717, 1.165) is 10.8 Å². The van der Waals surface area contributed by atoms with E-state index in [4.69, 9.17) is 21.1 Å². The first-order chi connectivity index (χ1) is 11.1. The molecular formula is C17H16ClNO4. The van der Waals surface area contributed by atoms with Gasteiger partial charge in [0.15, 0.2) is 0 Å². The summed E-state index contributed by atoms with van der Waals surface area (Å²) in [4.78, 5) is 12.7. The Labute approximate surface area is 138 Å². The van der Waals surface area contributed by atoms with Crippen molar-refractivity contribution in [3.05, 3.63) is 47.0 Å². The van der Waals surface area contributed by atoms with Gasteiger partial charge in [0.1, 0.15) is 18.3 Å². The van der Waals surface area contributed by atoms with Gasteiger partial charge in [-0.15, -0.1) is 0 Å². The van der Waals surface area contributed by atoms with Crippen LogP contribution in [0.25, 0.3) is 10.8 Å². The van der Waals surface area contributed by atoms with Crippen molar-refractivity contribution < 1.29 is 19.4 Å². The first kappa shape index (κ1) is 14.9. The third-order valence-corrected chi connectivity index (χ3v) is 4.79. The topological polar surface area (TPSA) is 67.8 Å². The van der Waals surface area contributed by atoms with Crippen molar-refractivity contribution in [2.75, 3.05) is 13.2 Å². The molecule has 0 aromatic heterocycles. The Morgan fingerprint density at radius 1 is 1.09 bits per heavy atom. The summed E-state index contributed by atoms with van der Waals surface area (Å²) in [5, 5.41) is 15.0. The largest absolute Gasteiger partial charge is 0.388 e. The fourth-order valence-electron chi connectivity index (χ4n) is 3.32. The molecule has 6 heteroatoms. The second-order valence-corrected chi connectivity index (χ2v) is 6.29. The van der Waals surface area contributed by atoms with Gasteiger partial charge < -0.3 is 19.9 Å². The van der Waals surface area contributed by atoms with Gasteiger partial charge in [-0.05, 0) is 17.5 Å². The van der Waals surface area contributed by atoms with Gasteiger partial charge in [0.2, 0.25) is 0 Å². The van der Waals surface area contributed by atoms with Crippen molar-refractivity contribution >= 4 is 28.3 Å². The summed E-state index contributed by atoms with van der Waals surface area (Å²) in [6, 6.07) is 10.7. The SMILES string of the molecule is O=C(N[C@H]1CO[C@H]2[C@@H]1OC[C@H]2O)c1cccc2c(Cl)cccc12. The molecule has 0 radical (unpaired) electrons. The molecule has 120 valence electrons. The summed E-state index contributed by atoms with van der Waals surface area (Å²) in [5.74, 6) is -0.197. The number of fused-ring (bicyclic) bond motifs is 2.